The number of hydrogen-bond donors (Lipinski definition) is 1. The largest absolute Gasteiger partial charge is 0.497 e. The maximum absolute atomic E-state index is 12.4. The number of carbonyl (C=O) groups excluding carboxylic acids is 1. The normalized spacial score (nSPS) is 15.9. The number of nitrogens with one attached hydrogen (secondary N) is 1. The second-order valence-corrected chi connectivity index (χ2v) is 6.95. The van der Waals surface area contributed by atoms with E-state index in [0.717, 1.165) is 29.9 Å². The third-order valence-electron chi connectivity index (χ3n) is 5.27. The molecule has 0 saturated carbocycles. The van der Waals surface area contributed by atoms with Crippen LogP contribution in [0.4, 0.5) is 0 Å². The fourth-order valence-electron chi connectivity index (χ4n) is 3.51. The average Bonchev–Trinajstić information content (AvgIpc) is 2.77. The van der Waals surface area contributed by atoms with Gasteiger partial charge in [0.2, 0.25) is 5.91 Å². The predicted molar refractivity (Wildman–Crippen MR) is 110 cm³/mol. The first-order valence-corrected chi connectivity index (χ1v) is 9.47. The molecule has 0 bridgehead atoms. The van der Waals surface area contributed by atoms with Crippen molar-refractivity contribution in [3.05, 3.63) is 65.7 Å². The zero-order valence-electron chi connectivity index (χ0n) is 16.4. The number of rotatable bonds is 7. The summed E-state index contributed by atoms with van der Waals surface area (Å²) in [5, 5.41) is 3.08. The Morgan fingerprint density at radius 1 is 1.07 bits per heavy atom. The first-order chi connectivity index (χ1) is 13.6. The van der Waals surface area contributed by atoms with Gasteiger partial charge in [0.15, 0.2) is 0 Å². The van der Waals surface area contributed by atoms with E-state index in [2.05, 4.69) is 17.4 Å². The van der Waals surface area contributed by atoms with Crippen LogP contribution in [0.3, 0.4) is 0 Å². The van der Waals surface area contributed by atoms with Crippen LogP contribution in [0.5, 0.6) is 11.5 Å². The molecule has 0 aliphatic carbocycles. The van der Waals surface area contributed by atoms with Crippen LogP contribution < -0.4 is 14.8 Å². The summed E-state index contributed by atoms with van der Waals surface area (Å²) in [6.07, 6.45) is 5.11. The van der Waals surface area contributed by atoms with E-state index in [1.54, 1.807) is 26.4 Å². The van der Waals surface area contributed by atoms with Crippen molar-refractivity contribution in [3.63, 3.8) is 0 Å². The molecule has 148 valence electrons. The lowest BCUT2D eigenvalue weighted by molar-refractivity contribution is -0.116. The summed E-state index contributed by atoms with van der Waals surface area (Å²) < 4.78 is 16.0. The minimum atomic E-state index is -0.121. The van der Waals surface area contributed by atoms with Gasteiger partial charge in [-0.25, -0.2) is 0 Å². The Bertz CT molecular complexity index is 808. The van der Waals surface area contributed by atoms with Crippen LogP contribution in [-0.4, -0.2) is 39.9 Å². The van der Waals surface area contributed by atoms with Crippen molar-refractivity contribution in [1.82, 2.24) is 5.32 Å². The van der Waals surface area contributed by atoms with Gasteiger partial charge in [-0.3, -0.25) is 4.79 Å². The van der Waals surface area contributed by atoms with Gasteiger partial charge in [-0.15, -0.1) is 0 Å². The van der Waals surface area contributed by atoms with E-state index >= 15 is 0 Å². The van der Waals surface area contributed by atoms with Gasteiger partial charge in [0.1, 0.15) is 11.5 Å². The molecule has 0 atom stereocenters. The Morgan fingerprint density at radius 3 is 2.46 bits per heavy atom. The van der Waals surface area contributed by atoms with Crippen molar-refractivity contribution in [2.45, 2.75) is 18.3 Å². The van der Waals surface area contributed by atoms with Crippen LogP contribution in [0.1, 0.15) is 24.0 Å². The highest BCUT2D eigenvalue weighted by molar-refractivity contribution is 5.91. The van der Waals surface area contributed by atoms with E-state index in [0.29, 0.717) is 19.8 Å². The molecule has 2 aromatic carbocycles. The fraction of sp³-hybridized carbons (Fsp3) is 0.348. The Hall–Kier alpha value is -2.79. The molecule has 28 heavy (non-hydrogen) atoms. The number of amides is 1. The molecule has 0 aromatic heterocycles. The van der Waals surface area contributed by atoms with E-state index in [9.17, 15) is 4.79 Å². The molecule has 1 aliphatic heterocycles. The molecule has 1 saturated heterocycles. The zero-order chi connectivity index (χ0) is 19.8. The first-order valence-electron chi connectivity index (χ1n) is 9.47. The highest BCUT2D eigenvalue weighted by atomic mass is 16.5. The number of hydrogen-bond acceptors (Lipinski definition) is 4. The van der Waals surface area contributed by atoms with Crippen LogP contribution in [0.25, 0.3) is 6.08 Å². The third kappa shape index (κ3) is 4.93. The Balaban J connectivity index is 1.67. The number of methoxy groups -OCH3 is 2. The summed E-state index contributed by atoms with van der Waals surface area (Å²) in [7, 11) is 3.29. The van der Waals surface area contributed by atoms with Gasteiger partial charge in [-0.2, -0.15) is 0 Å². The summed E-state index contributed by atoms with van der Waals surface area (Å²) in [5.74, 6) is 1.49. The summed E-state index contributed by atoms with van der Waals surface area (Å²) in [4.78, 5) is 12.4. The van der Waals surface area contributed by atoms with Crippen LogP contribution in [0, 0.1) is 0 Å². The predicted octanol–water partition coefficient (Wildman–Crippen LogP) is 3.58. The van der Waals surface area contributed by atoms with Gasteiger partial charge in [-0.05, 0) is 54.3 Å². The lowest BCUT2D eigenvalue weighted by Crippen LogP contribution is -2.44. The summed E-state index contributed by atoms with van der Waals surface area (Å²) >= 11 is 0. The van der Waals surface area contributed by atoms with Crippen molar-refractivity contribution < 1.29 is 19.0 Å². The van der Waals surface area contributed by atoms with Crippen LogP contribution >= 0.6 is 0 Å². The maximum atomic E-state index is 12.4. The summed E-state index contributed by atoms with van der Waals surface area (Å²) in [6.45, 7) is 1.97. The lowest BCUT2D eigenvalue weighted by Gasteiger charge is -2.38. The molecule has 1 aliphatic rings. The first kappa shape index (κ1) is 20.0. The minimum absolute atomic E-state index is 0.109. The second-order valence-electron chi connectivity index (χ2n) is 6.95. The van der Waals surface area contributed by atoms with E-state index in [1.807, 2.05) is 36.4 Å². The summed E-state index contributed by atoms with van der Waals surface area (Å²) in [6, 6.07) is 15.7. The van der Waals surface area contributed by atoms with Gasteiger partial charge < -0.3 is 19.5 Å². The molecule has 5 heteroatoms. The number of ether oxygens (including phenoxy) is 3. The average molecular weight is 381 g/mol. The topological polar surface area (TPSA) is 56.8 Å². The lowest BCUT2D eigenvalue weighted by atomic mass is 9.74. The molecule has 1 N–H and O–H groups in total. The fourth-order valence-corrected chi connectivity index (χ4v) is 3.51. The Morgan fingerprint density at radius 2 is 1.79 bits per heavy atom. The molecule has 0 spiro atoms. The van der Waals surface area contributed by atoms with Gasteiger partial charge in [-0.1, -0.05) is 24.3 Å². The standard InChI is InChI=1S/C23H27NO4/c1-26-20-9-7-19(8-10-20)23(12-14-28-15-13-23)17-24-22(25)11-6-18-4-3-5-21(16-18)27-2/h3-11,16H,12-15,17H2,1-2H3,(H,24,25)/b11-6+. The molecule has 2 aromatic rings. The SMILES string of the molecule is COc1ccc(C2(CNC(=O)/C=C/c3cccc(OC)c3)CCOCC2)cc1. The van der Waals surface area contributed by atoms with Gasteiger partial charge in [0, 0.05) is 31.2 Å². The van der Waals surface area contributed by atoms with Crippen molar-refractivity contribution in [1.29, 1.82) is 0 Å². The minimum Gasteiger partial charge on any atom is -0.497 e. The molecule has 3 rings (SSSR count). The Labute approximate surface area is 166 Å². The molecule has 0 radical (unpaired) electrons. The zero-order valence-corrected chi connectivity index (χ0v) is 16.4. The van der Waals surface area contributed by atoms with Gasteiger partial charge in [0.25, 0.3) is 0 Å². The van der Waals surface area contributed by atoms with Gasteiger partial charge >= 0.3 is 0 Å². The molecule has 1 heterocycles. The monoisotopic (exact) mass is 381 g/mol. The molecule has 1 amide bonds. The number of benzene rings is 2. The van der Waals surface area contributed by atoms with E-state index < -0.39 is 0 Å². The van der Waals surface area contributed by atoms with E-state index in [4.69, 9.17) is 14.2 Å². The molecular formula is C23H27NO4. The van der Waals surface area contributed by atoms with E-state index in [1.165, 1.54) is 5.56 Å². The van der Waals surface area contributed by atoms with E-state index in [-0.39, 0.29) is 11.3 Å². The number of carbonyl (C=O) groups is 1. The molecule has 1 fully saturated rings. The van der Waals surface area contributed by atoms with Crippen LogP contribution in [0.15, 0.2) is 54.6 Å². The maximum Gasteiger partial charge on any atom is 0.244 e. The Kier molecular flexibility index (Phi) is 6.71. The van der Waals surface area contributed by atoms with Crippen molar-refractivity contribution in [3.8, 4) is 11.5 Å². The van der Waals surface area contributed by atoms with Crippen molar-refractivity contribution in [2.24, 2.45) is 0 Å². The van der Waals surface area contributed by atoms with Crippen LogP contribution in [0.2, 0.25) is 0 Å². The molecule has 0 unspecified atom stereocenters. The summed E-state index contributed by atoms with van der Waals surface area (Å²) in [5.41, 5.74) is 2.00. The van der Waals surface area contributed by atoms with Crippen LogP contribution in [-0.2, 0) is 14.9 Å². The quantitative estimate of drug-likeness (QED) is 0.745. The molecular weight excluding hydrogens is 354 g/mol. The third-order valence-corrected chi connectivity index (χ3v) is 5.27. The smallest absolute Gasteiger partial charge is 0.244 e. The highest BCUT2D eigenvalue weighted by Gasteiger charge is 2.34. The second kappa shape index (κ2) is 9.42. The molecule has 5 nitrogen and oxygen atoms in total. The van der Waals surface area contributed by atoms with Crippen molar-refractivity contribution in [2.75, 3.05) is 34.0 Å². The highest BCUT2D eigenvalue weighted by Crippen LogP contribution is 2.35. The van der Waals surface area contributed by atoms with Gasteiger partial charge in [0.05, 0.1) is 14.2 Å². The van der Waals surface area contributed by atoms with Crippen molar-refractivity contribution >= 4 is 12.0 Å².